The summed E-state index contributed by atoms with van der Waals surface area (Å²) in [6.07, 6.45) is 5.96. The van der Waals surface area contributed by atoms with Crippen molar-refractivity contribution in [1.82, 2.24) is 0 Å². The zero-order valence-corrected chi connectivity index (χ0v) is 8.33. The van der Waals surface area contributed by atoms with Crippen LogP contribution in [0, 0.1) is 16.2 Å². The van der Waals surface area contributed by atoms with Crippen molar-refractivity contribution < 1.29 is 0 Å². The minimum absolute atomic E-state index is 0.677. The fourth-order valence-electron chi connectivity index (χ4n) is 4.21. The third-order valence-corrected chi connectivity index (χ3v) is 3.41. The molecule has 2 rings (SSSR count). The molecule has 0 nitrogen and oxygen atoms in total. The van der Waals surface area contributed by atoms with E-state index in [0.717, 1.165) is 5.41 Å². The van der Waals surface area contributed by atoms with Crippen LogP contribution in [0.2, 0.25) is 0 Å². The Bertz CT molecular complexity index is 145. The number of hydrogen-bond acceptors (Lipinski definition) is 0. The highest BCUT2D eigenvalue weighted by molar-refractivity contribution is 5.09. The van der Waals surface area contributed by atoms with Gasteiger partial charge in [0.1, 0.15) is 0 Å². The van der Waals surface area contributed by atoms with Gasteiger partial charge in [0, 0.05) is 0 Å². The molecule has 0 aromatic rings. The molecule has 0 atom stereocenters. The van der Waals surface area contributed by atoms with Crippen LogP contribution < -0.4 is 0 Å². The Morgan fingerprint density at radius 3 is 1.09 bits per heavy atom. The zero-order valence-electron chi connectivity index (χ0n) is 8.33. The van der Waals surface area contributed by atoms with Gasteiger partial charge in [0.2, 0.25) is 0 Å². The Morgan fingerprint density at radius 2 is 0.909 bits per heavy atom. The summed E-state index contributed by atoms with van der Waals surface area (Å²) in [5, 5.41) is 0. The average molecular weight is 152 g/mol. The van der Waals surface area contributed by atoms with E-state index in [4.69, 9.17) is 0 Å². The maximum Gasteiger partial charge on any atom is -0.0277 e. The second-order valence-corrected chi connectivity index (χ2v) is 6.54. The summed E-state index contributed by atoms with van der Waals surface area (Å²) in [6, 6.07) is 0. The van der Waals surface area contributed by atoms with Crippen molar-refractivity contribution in [3.8, 4) is 0 Å². The van der Waals surface area contributed by atoms with Gasteiger partial charge in [0.05, 0.1) is 0 Å². The standard InChI is InChI=1S/C11H20/c1-9(2)5-11(6-9)7-10(3,4)8-11/h5-8H2,1-4H3. The van der Waals surface area contributed by atoms with Gasteiger partial charge in [-0.05, 0) is 41.9 Å². The third kappa shape index (κ3) is 1.11. The van der Waals surface area contributed by atoms with Crippen molar-refractivity contribution >= 4 is 0 Å². The van der Waals surface area contributed by atoms with E-state index in [-0.39, 0.29) is 0 Å². The predicted molar refractivity (Wildman–Crippen MR) is 48.5 cm³/mol. The highest BCUT2D eigenvalue weighted by atomic mass is 14.6. The first-order valence-corrected chi connectivity index (χ1v) is 4.83. The molecule has 2 aliphatic rings. The molecule has 2 saturated carbocycles. The summed E-state index contributed by atoms with van der Waals surface area (Å²) in [5.41, 5.74) is 2.17. The van der Waals surface area contributed by atoms with Gasteiger partial charge < -0.3 is 0 Å². The fourth-order valence-corrected chi connectivity index (χ4v) is 4.21. The molecule has 0 amide bonds. The van der Waals surface area contributed by atoms with Crippen LogP contribution >= 0.6 is 0 Å². The van der Waals surface area contributed by atoms with E-state index in [1.54, 1.807) is 0 Å². The summed E-state index contributed by atoms with van der Waals surface area (Å²) in [6.45, 7) is 9.63. The van der Waals surface area contributed by atoms with E-state index < -0.39 is 0 Å². The van der Waals surface area contributed by atoms with E-state index in [1.807, 2.05) is 0 Å². The second kappa shape index (κ2) is 1.67. The minimum atomic E-state index is 0.677. The van der Waals surface area contributed by atoms with Gasteiger partial charge in [-0.25, -0.2) is 0 Å². The molecule has 0 heterocycles. The molecule has 64 valence electrons. The summed E-state index contributed by atoms with van der Waals surface area (Å²) >= 11 is 0. The number of hydrogen-bond donors (Lipinski definition) is 0. The summed E-state index contributed by atoms with van der Waals surface area (Å²) < 4.78 is 0. The van der Waals surface area contributed by atoms with Crippen LogP contribution in [0.25, 0.3) is 0 Å². The lowest BCUT2D eigenvalue weighted by Crippen LogP contribution is -2.54. The molecule has 0 N–H and O–H groups in total. The fraction of sp³-hybridized carbons (Fsp3) is 1.00. The molecule has 0 unspecified atom stereocenters. The molecular weight excluding hydrogens is 132 g/mol. The van der Waals surface area contributed by atoms with Crippen molar-refractivity contribution in [2.24, 2.45) is 16.2 Å². The molecule has 2 fully saturated rings. The Balaban J connectivity index is 1.93. The molecule has 0 heteroatoms. The molecule has 0 saturated heterocycles. The predicted octanol–water partition coefficient (Wildman–Crippen LogP) is 3.61. The molecule has 2 aliphatic carbocycles. The molecule has 0 bridgehead atoms. The van der Waals surface area contributed by atoms with Gasteiger partial charge in [0.15, 0.2) is 0 Å². The van der Waals surface area contributed by atoms with Crippen molar-refractivity contribution in [3.05, 3.63) is 0 Å². The van der Waals surface area contributed by atoms with Crippen LogP contribution in [0.1, 0.15) is 53.4 Å². The van der Waals surface area contributed by atoms with E-state index in [9.17, 15) is 0 Å². The smallest absolute Gasteiger partial charge is 0.0277 e. The summed E-state index contributed by atoms with van der Waals surface area (Å²) in [7, 11) is 0. The lowest BCUT2D eigenvalue weighted by atomic mass is 9.40. The quantitative estimate of drug-likeness (QED) is 0.497. The molecular formula is C11H20. The highest BCUT2D eigenvalue weighted by Crippen LogP contribution is 2.69. The van der Waals surface area contributed by atoms with Crippen molar-refractivity contribution in [1.29, 1.82) is 0 Å². The Kier molecular flexibility index (Phi) is 1.16. The number of rotatable bonds is 0. The van der Waals surface area contributed by atoms with Gasteiger partial charge in [-0.2, -0.15) is 0 Å². The SMILES string of the molecule is CC1(C)CC2(C1)CC(C)(C)C2. The Morgan fingerprint density at radius 1 is 0.636 bits per heavy atom. The highest BCUT2D eigenvalue weighted by Gasteiger charge is 2.58. The van der Waals surface area contributed by atoms with Crippen LogP contribution in [0.15, 0.2) is 0 Å². The van der Waals surface area contributed by atoms with E-state index in [1.165, 1.54) is 25.7 Å². The van der Waals surface area contributed by atoms with Gasteiger partial charge in [-0.1, -0.05) is 27.7 Å². The van der Waals surface area contributed by atoms with Gasteiger partial charge in [-0.15, -0.1) is 0 Å². The second-order valence-electron chi connectivity index (χ2n) is 6.54. The van der Waals surface area contributed by atoms with Crippen molar-refractivity contribution in [2.75, 3.05) is 0 Å². The lowest BCUT2D eigenvalue weighted by molar-refractivity contribution is -0.143. The molecule has 0 aromatic heterocycles. The van der Waals surface area contributed by atoms with E-state index >= 15 is 0 Å². The van der Waals surface area contributed by atoms with Crippen molar-refractivity contribution in [3.63, 3.8) is 0 Å². The lowest BCUT2D eigenvalue weighted by Gasteiger charge is -2.65. The monoisotopic (exact) mass is 152 g/mol. The van der Waals surface area contributed by atoms with Crippen LogP contribution in [-0.4, -0.2) is 0 Å². The van der Waals surface area contributed by atoms with Gasteiger partial charge in [0.25, 0.3) is 0 Å². The Labute approximate surface area is 70.4 Å². The first-order valence-electron chi connectivity index (χ1n) is 4.83. The average Bonchev–Trinajstić information content (AvgIpc) is 1.52. The third-order valence-electron chi connectivity index (χ3n) is 3.41. The summed E-state index contributed by atoms with van der Waals surface area (Å²) in [4.78, 5) is 0. The first-order chi connectivity index (χ1) is 4.83. The minimum Gasteiger partial charge on any atom is -0.0599 e. The zero-order chi connectivity index (χ0) is 8.33. The molecule has 0 aromatic carbocycles. The maximum atomic E-state index is 2.41. The van der Waals surface area contributed by atoms with Crippen LogP contribution in [0.3, 0.4) is 0 Å². The summed E-state index contributed by atoms with van der Waals surface area (Å²) in [5.74, 6) is 0. The van der Waals surface area contributed by atoms with Crippen LogP contribution in [-0.2, 0) is 0 Å². The van der Waals surface area contributed by atoms with Crippen LogP contribution in [0.5, 0.6) is 0 Å². The van der Waals surface area contributed by atoms with Gasteiger partial charge in [-0.3, -0.25) is 0 Å². The van der Waals surface area contributed by atoms with E-state index in [0.29, 0.717) is 10.8 Å². The molecule has 11 heavy (non-hydrogen) atoms. The molecule has 0 radical (unpaired) electrons. The molecule has 0 aliphatic heterocycles. The Hall–Kier alpha value is 0. The molecule has 1 spiro atoms. The van der Waals surface area contributed by atoms with E-state index in [2.05, 4.69) is 27.7 Å². The largest absolute Gasteiger partial charge is 0.0599 e. The maximum absolute atomic E-state index is 2.41. The van der Waals surface area contributed by atoms with Crippen LogP contribution in [0.4, 0.5) is 0 Å². The topological polar surface area (TPSA) is 0 Å². The normalized spacial score (nSPS) is 36.0. The first kappa shape index (κ1) is 7.64. The van der Waals surface area contributed by atoms with Gasteiger partial charge >= 0.3 is 0 Å². The van der Waals surface area contributed by atoms with Crippen molar-refractivity contribution in [2.45, 2.75) is 53.4 Å².